The number of hydrogen-bond acceptors (Lipinski definition) is 4. The van der Waals surface area contributed by atoms with E-state index in [0.29, 0.717) is 25.9 Å². The summed E-state index contributed by atoms with van der Waals surface area (Å²) in [7, 11) is -1.52. The summed E-state index contributed by atoms with van der Waals surface area (Å²) in [5, 5.41) is -0.800. The average Bonchev–Trinajstić information content (AvgIpc) is 2.33. The van der Waals surface area contributed by atoms with Gasteiger partial charge in [-0.15, -0.1) is 0 Å². The van der Waals surface area contributed by atoms with Crippen molar-refractivity contribution < 1.29 is 13.2 Å². The Balaban J connectivity index is 2.47. The van der Waals surface area contributed by atoms with Gasteiger partial charge in [-0.3, -0.25) is 4.79 Å². The lowest BCUT2D eigenvalue weighted by Gasteiger charge is -2.26. The largest absolute Gasteiger partial charge is 0.345 e. The number of sulfone groups is 1. The van der Waals surface area contributed by atoms with E-state index in [1.807, 2.05) is 0 Å². The molecule has 0 aromatic heterocycles. The lowest BCUT2D eigenvalue weighted by Crippen LogP contribution is -2.44. The van der Waals surface area contributed by atoms with E-state index in [1.54, 1.807) is 11.9 Å². The highest BCUT2D eigenvalue weighted by molar-refractivity contribution is 7.92. The molecule has 1 saturated heterocycles. The predicted octanol–water partition coefficient (Wildman–Crippen LogP) is 0.541. The van der Waals surface area contributed by atoms with Crippen LogP contribution in [0, 0.1) is 0 Å². The Morgan fingerprint density at radius 3 is 2.61 bits per heavy atom. The third-order valence-corrected chi connectivity index (χ3v) is 5.59. The van der Waals surface area contributed by atoms with Gasteiger partial charge in [-0.1, -0.05) is 12.8 Å². The summed E-state index contributed by atoms with van der Waals surface area (Å²) in [6.07, 6.45) is 4.80. The van der Waals surface area contributed by atoms with E-state index in [2.05, 4.69) is 0 Å². The Labute approximate surface area is 110 Å². The maximum atomic E-state index is 12.1. The first kappa shape index (κ1) is 15.4. The molecule has 1 fully saturated rings. The molecule has 0 bridgehead atoms. The van der Waals surface area contributed by atoms with Crippen molar-refractivity contribution in [2.24, 2.45) is 5.73 Å². The Morgan fingerprint density at radius 2 is 2.00 bits per heavy atom. The molecule has 0 aromatic rings. The molecular formula is C12H24N2O3S. The summed E-state index contributed by atoms with van der Waals surface area (Å²) in [6, 6.07) is 0. The maximum absolute atomic E-state index is 12.1. The molecule has 1 amide bonds. The molecule has 1 aliphatic rings. The fourth-order valence-electron chi connectivity index (χ4n) is 2.26. The summed E-state index contributed by atoms with van der Waals surface area (Å²) in [5.74, 6) is -0.0767. The number of rotatable bonds is 6. The Hall–Kier alpha value is -0.620. The molecule has 1 unspecified atom stereocenters. The maximum Gasteiger partial charge on any atom is 0.240 e. The minimum absolute atomic E-state index is 0.157. The Bertz CT molecular complexity index is 368. The van der Waals surface area contributed by atoms with Crippen molar-refractivity contribution in [1.82, 2.24) is 4.90 Å². The average molecular weight is 276 g/mol. The summed E-state index contributed by atoms with van der Waals surface area (Å²) in [6.45, 7) is 1.28. The van der Waals surface area contributed by atoms with Crippen molar-refractivity contribution in [2.45, 2.75) is 43.8 Å². The second kappa shape index (κ2) is 7.09. The van der Waals surface area contributed by atoms with Crippen LogP contribution in [0.15, 0.2) is 0 Å². The molecule has 0 aliphatic carbocycles. The zero-order chi connectivity index (χ0) is 13.6. The molecule has 0 radical (unpaired) electrons. The minimum Gasteiger partial charge on any atom is -0.345 e. The first-order chi connectivity index (χ1) is 8.49. The number of carbonyl (C=O) groups excluding carboxylic acids is 1. The van der Waals surface area contributed by atoms with Gasteiger partial charge in [-0.05, 0) is 32.2 Å². The van der Waals surface area contributed by atoms with Crippen LogP contribution in [0.4, 0.5) is 0 Å². The number of amides is 1. The van der Waals surface area contributed by atoms with Gasteiger partial charge >= 0.3 is 0 Å². The molecule has 1 heterocycles. The van der Waals surface area contributed by atoms with E-state index in [1.165, 1.54) is 0 Å². The summed E-state index contributed by atoms with van der Waals surface area (Å²) < 4.78 is 23.7. The lowest BCUT2D eigenvalue weighted by molar-refractivity contribution is -0.129. The van der Waals surface area contributed by atoms with Crippen molar-refractivity contribution in [1.29, 1.82) is 0 Å². The molecule has 6 heteroatoms. The number of hydrogen-bond donors (Lipinski definition) is 1. The molecule has 106 valence electrons. The van der Waals surface area contributed by atoms with Crippen LogP contribution in [0.3, 0.4) is 0 Å². The fraction of sp³-hybridized carbons (Fsp3) is 0.917. The van der Waals surface area contributed by atoms with Gasteiger partial charge in [0.05, 0.1) is 5.75 Å². The van der Waals surface area contributed by atoms with Gasteiger partial charge in [0.25, 0.3) is 0 Å². The topological polar surface area (TPSA) is 80.5 Å². The van der Waals surface area contributed by atoms with Gasteiger partial charge in [0, 0.05) is 13.6 Å². The van der Waals surface area contributed by atoms with Crippen molar-refractivity contribution in [3.05, 3.63) is 0 Å². The van der Waals surface area contributed by atoms with E-state index < -0.39 is 15.1 Å². The number of unbranched alkanes of at least 4 members (excludes halogenated alkanes) is 2. The molecule has 1 aliphatic heterocycles. The first-order valence-corrected chi connectivity index (χ1v) is 8.37. The Morgan fingerprint density at radius 1 is 1.28 bits per heavy atom. The zero-order valence-corrected chi connectivity index (χ0v) is 11.9. The molecule has 18 heavy (non-hydrogen) atoms. The quantitative estimate of drug-likeness (QED) is 0.718. The van der Waals surface area contributed by atoms with E-state index in [9.17, 15) is 13.2 Å². The number of carbonyl (C=O) groups is 1. The summed E-state index contributed by atoms with van der Waals surface area (Å²) in [4.78, 5) is 13.7. The summed E-state index contributed by atoms with van der Waals surface area (Å²) >= 11 is 0. The van der Waals surface area contributed by atoms with Gasteiger partial charge in [0.1, 0.15) is 5.25 Å². The smallest absolute Gasteiger partial charge is 0.240 e. The van der Waals surface area contributed by atoms with Crippen LogP contribution in [0.1, 0.15) is 38.5 Å². The Kier molecular flexibility index (Phi) is 6.08. The van der Waals surface area contributed by atoms with Crippen LogP contribution in [-0.2, 0) is 14.6 Å². The third kappa shape index (κ3) is 4.24. The molecule has 0 aromatic carbocycles. The van der Waals surface area contributed by atoms with Gasteiger partial charge in [0.2, 0.25) is 5.91 Å². The molecule has 1 rings (SSSR count). The molecular weight excluding hydrogens is 252 g/mol. The fourth-order valence-corrected chi connectivity index (χ4v) is 4.16. The molecule has 0 saturated carbocycles. The SMILES string of the molecule is CN(CCCCCN)C(=O)C1CCCCS1(=O)=O. The van der Waals surface area contributed by atoms with Gasteiger partial charge in [0.15, 0.2) is 9.84 Å². The highest BCUT2D eigenvalue weighted by atomic mass is 32.2. The van der Waals surface area contributed by atoms with E-state index in [-0.39, 0.29) is 11.7 Å². The van der Waals surface area contributed by atoms with Crippen molar-refractivity contribution in [2.75, 3.05) is 25.9 Å². The van der Waals surface area contributed by atoms with Gasteiger partial charge in [-0.25, -0.2) is 8.42 Å². The second-order valence-corrected chi connectivity index (χ2v) is 7.26. The van der Waals surface area contributed by atoms with Crippen LogP contribution in [-0.4, -0.2) is 50.4 Å². The van der Waals surface area contributed by atoms with Crippen molar-refractivity contribution >= 4 is 15.7 Å². The molecule has 2 N–H and O–H groups in total. The number of nitrogens with two attached hydrogens (primary N) is 1. The highest BCUT2D eigenvalue weighted by Gasteiger charge is 2.36. The van der Waals surface area contributed by atoms with Crippen molar-refractivity contribution in [3.63, 3.8) is 0 Å². The third-order valence-electron chi connectivity index (χ3n) is 3.43. The van der Waals surface area contributed by atoms with Crippen LogP contribution in [0.25, 0.3) is 0 Å². The highest BCUT2D eigenvalue weighted by Crippen LogP contribution is 2.21. The normalized spacial score (nSPS) is 22.7. The summed E-state index contributed by atoms with van der Waals surface area (Å²) in [5.41, 5.74) is 5.40. The van der Waals surface area contributed by atoms with Crippen LogP contribution >= 0.6 is 0 Å². The van der Waals surface area contributed by atoms with Gasteiger partial charge in [-0.2, -0.15) is 0 Å². The zero-order valence-electron chi connectivity index (χ0n) is 11.1. The van der Waals surface area contributed by atoms with E-state index >= 15 is 0 Å². The van der Waals surface area contributed by atoms with E-state index in [0.717, 1.165) is 25.7 Å². The van der Waals surface area contributed by atoms with Crippen LogP contribution in [0.2, 0.25) is 0 Å². The van der Waals surface area contributed by atoms with Crippen LogP contribution in [0.5, 0.6) is 0 Å². The van der Waals surface area contributed by atoms with E-state index in [4.69, 9.17) is 5.73 Å². The predicted molar refractivity (Wildman–Crippen MR) is 72.0 cm³/mol. The van der Waals surface area contributed by atoms with Gasteiger partial charge < -0.3 is 10.6 Å². The second-order valence-electron chi connectivity index (χ2n) is 4.96. The van der Waals surface area contributed by atoms with Crippen molar-refractivity contribution in [3.8, 4) is 0 Å². The minimum atomic E-state index is -3.21. The van der Waals surface area contributed by atoms with Crippen LogP contribution < -0.4 is 5.73 Å². The molecule has 1 atom stereocenters. The molecule has 0 spiro atoms. The number of nitrogens with zero attached hydrogens (tertiary/aromatic N) is 1. The molecule has 5 nitrogen and oxygen atoms in total. The first-order valence-electron chi connectivity index (χ1n) is 6.65. The monoisotopic (exact) mass is 276 g/mol. The standard InChI is InChI=1S/C12H24N2O3S/c1-14(9-5-2-4-8-13)12(15)11-7-3-6-10-18(11,16)17/h11H,2-10,13H2,1H3. The lowest BCUT2D eigenvalue weighted by atomic mass is 10.1.